The lowest BCUT2D eigenvalue weighted by atomic mass is 10.9. The van der Waals surface area contributed by atoms with Gasteiger partial charge >= 0.3 is 0 Å². The summed E-state index contributed by atoms with van der Waals surface area (Å²) in [6, 6.07) is 0. The zero-order chi connectivity index (χ0) is 6.27. The van der Waals surface area contributed by atoms with Crippen LogP contribution in [0, 0.1) is 3.70 Å². The minimum Gasteiger partial charge on any atom is -0.285 e. The van der Waals surface area contributed by atoms with Gasteiger partial charge in [-0.1, -0.05) is 0 Å². The Balaban J connectivity index is 2.99. The van der Waals surface area contributed by atoms with Crippen molar-refractivity contribution in [2.24, 2.45) is 0 Å². The largest absolute Gasteiger partial charge is 0.285 e. The van der Waals surface area contributed by atoms with E-state index >= 15 is 0 Å². The van der Waals surface area contributed by atoms with E-state index < -0.39 is 0 Å². The summed E-state index contributed by atoms with van der Waals surface area (Å²) in [4.78, 5) is 5.19. The van der Waals surface area contributed by atoms with Crippen molar-refractivity contribution in [2.45, 2.75) is 0 Å². The van der Waals surface area contributed by atoms with Gasteiger partial charge in [-0.25, -0.2) is 4.98 Å². The van der Waals surface area contributed by atoms with E-state index in [4.69, 9.17) is 0 Å². The van der Waals surface area contributed by atoms with Crippen molar-refractivity contribution >= 4 is 38.9 Å². The second-order valence-electron chi connectivity index (χ2n) is 1.64. The first kappa shape index (κ1) is 5.67. The van der Waals surface area contributed by atoms with E-state index in [1.54, 1.807) is 11.3 Å². The van der Waals surface area contributed by atoms with Gasteiger partial charge in [0.05, 0.1) is 3.70 Å². The van der Waals surface area contributed by atoms with Crippen LogP contribution in [0.15, 0.2) is 17.8 Å². The fourth-order valence-corrected chi connectivity index (χ4v) is 2.34. The Kier molecular flexibility index (Phi) is 1.23. The molecule has 0 radical (unpaired) electrons. The summed E-state index contributed by atoms with van der Waals surface area (Å²) in [5.74, 6) is 0. The predicted octanol–water partition coefficient (Wildman–Crippen LogP) is 2.00. The molecule has 0 saturated carbocycles. The van der Waals surface area contributed by atoms with E-state index in [-0.39, 0.29) is 0 Å². The predicted molar refractivity (Wildman–Crippen MR) is 45.8 cm³/mol. The quantitative estimate of drug-likeness (QED) is 0.653. The highest BCUT2D eigenvalue weighted by Crippen LogP contribution is 2.15. The van der Waals surface area contributed by atoms with Crippen molar-refractivity contribution in [2.75, 3.05) is 0 Å². The molecule has 4 heteroatoms. The first-order valence-corrected chi connectivity index (χ1v) is 4.40. The highest BCUT2D eigenvalue weighted by molar-refractivity contribution is 14.1. The summed E-state index contributed by atoms with van der Waals surface area (Å²) in [5, 5.41) is 2.09. The molecule has 0 amide bonds. The summed E-state index contributed by atoms with van der Waals surface area (Å²) in [6.45, 7) is 0. The number of aromatic nitrogens is 2. The van der Waals surface area contributed by atoms with Crippen molar-refractivity contribution < 1.29 is 0 Å². The summed E-state index contributed by atoms with van der Waals surface area (Å²) < 4.78 is 3.29. The zero-order valence-corrected chi connectivity index (χ0v) is 7.39. The van der Waals surface area contributed by atoms with Crippen LogP contribution >= 0.6 is 33.9 Å². The van der Waals surface area contributed by atoms with Gasteiger partial charge in [-0.15, -0.1) is 11.3 Å². The van der Waals surface area contributed by atoms with Gasteiger partial charge in [-0.3, -0.25) is 4.40 Å². The second-order valence-corrected chi connectivity index (χ2v) is 3.58. The van der Waals surface area contributed by atoms with Crippen molar-refractivity contribution in [3.8, 4) is 0 Å². The third kappa shape index (κ3) is 0.770. The first-order valence-electron chi connectivity index (χ1n) is 2.44. The van der Waals surface area contributed by atoms with Gasteiger partial charge in [-0.2, -0.15) is 0 Å². The summed E-state index contributed by atoms with van der Waals surface area (Å²) in [6.07, 6.45) is 3.78. The van der Waals surface area contributed by atoms with Gasteiger partial charge in [0.25, 0.3) is 0 Å². The molecular formula is C5H3IN2S. The Labute approximate surface area is 69.7 Å². The lowest BCUT2D eigenvalue weighted by molar-refractivity contribution is 1.18. The fraction of sp³-hybridized carbons (Fsp3) is 0. The maximum atomic E-state index is 4.12. The number of nitrogens with zero attached hydrogens (tertiary/aromatic N) is 2. The molecule has 2 rings (SSSR count). The average Bonchev–Trinajstić information content (AvgIpc) is 2.35. The maximum Gasteiger partial charge on any atom is 0.194 e. The van der Waals surface area contributed by atoms with Gasteiger partial charge in [-0.05, 0) is 22.6 Å². The molecule has 0 fully saturated rings. The number of hydrogen-bond acceptors (Lipinski definition) is 2. The van der Waals surface area contributed by atoms with E-state index in [1.807, 2.05) is 12.4 Å². The van der Waals surface area contributed by atoms with E-state index in [1.165, 1.54) is 3.70 Å². The van der Waals surface area contributed by atoms with E-state index in [9.17, 15) is 0 Å². The van der Waals surface area contributed by atoms with Crippen LogP contribution < -0.4 is 0 Å². The monoisotopic (exact) mass is 250 g/mol. The molecule has 0 unspecified atom stereocenters. The lowest BCUT2D eigenvalue weighted by Crippen LogP contribution is -1.76. The standard InChI is InChI=1S/C5H3IN2S/c6-4-3-9-5-7-1-2-8(4)5/h1-3H. The number of halogens is 1. The molecule has 0 N–H and O–H groups in total. The molecule has 0 bridgehead atoms. The zero-order valence-electron chi connectivity index (χ0n) is 4.41. The summed E-state index contributed by atoms with van der Waals surface area (Å²) in [5.41, 5.74) is 0. The number of rotatable bonds is 0. The molecule has 0 saturated heterocycles. The third-order valence-corrected chi connectivity index (χ3v) is 3.21. The molecule has 9 heavy (non-hydrogen) atoms. The van der Waals surface area contributed by atoms with Gasteiger partial charge < -0.3 is 0 Å². The Hall–Kier alpha value is -0.100. The topological polar surface area (TPSA) is 17.3 Å². The Morgan fingerprint density at radius 2 is 2.56 bits per heavy atom. The van der Waals surface area contributed by atoms with E-state index in [0.29, 0.717) is 0 Å². The summed E-state index contributed by atoms with van der Waals surface area (Å²) >= 11 is 3.95. The van der Waals surface area contributed by atoms with Crippen LogP contribution in [0.25, 0.3) is 4.96 Å². The smallest absolute Gasteiger partial charge is 0.194 e. The molecule has 0 aliphatic rings. The SMILES string of the molecule is Ic1csc2nccn12. The third-order valence-electron chi connectivity index (χ3n) is 1.10. The van der Waals surface area contributed by atoms with Crippen LogP contribution in [-0.2, 0) is 0 Å². The molecule has 0 atom stereocenters. The van der Waals surface area contributed by atoms with Crippen LogP contribution in [0.1, 0.15) is 0 Å². The van der Waals surface area contributed by atoms with Crippen molar-refractivity contribution in [3.05, 3.63) is 21.5 Å². The minimum atomic E-state index is 1.07. The molecular weight excluding hydrogens is 247 g/mol. The Morgan fingerprint density at radius 3 is 3.33 bits per heavy atom. The van der Waals surface area contributed by atoms with Crippen molar-refractivity contribution in [1.29, 1.82) is 0 Å². The first-order chi connectivity index (χ1) is 4.38. The van der Waals surface area contributed by atoms with E-state index in [0.717, 1.165) is 4.96 Å². The van der Waals surface area contributed by atoms with E-state index in [2.05, 4.69) is 37.4 Å². The minimum absolute atomic E-state index is 1.07. The normalized spacial score (nSPS) is 10.8. The maximum absolute atomic E-state index is 4.12. The Bertz CT molecular complexity index is 324. The molecule has 0 spiro atoms. The molecule has 0 aliphatic heterocycles. The highest BCUT2D eigenvalue weighted by Gasteiger charge is 1.97. The van der Waals surface area contributed by atoms with Gasteiger partial charge in [0, 0.05) is 17.8 Å². The number of imidazole rings is 1. The number of fused-ring (bicyclic) bond motifs is 1. The van der Waals surface area contributed by atoms with Gasteiger partial charge in [0.2, 0.25) is 0 Å². The molecule has 2 nitrogen and oxygen atoms in total. The Morgan fingerprint density at radius 1 is 1.67 bits per heavy atom. The molecule has 2 heterocycles. The van der Waals surface area contributed by atoms with Gasteiger partial charge in [0.15, 0.2) is 4.96 Å². The van der Waals surface area contributed by atoms with Crippen molar-refractivity contribution in [3.63, 3.8) is 0 Å². The molecule has 0 aliphatic carbocycles. The number of hydrogen-bond donors (Lipinski definition) is 0. The molecule has 2 aromatic rings. The molecule has 0 aromatic carbocycles. The second kappa shape index (κ2) is 1.95. The van der Waals surface area contributed by atoms with Gasteiger partial charge in [0.1, 0.15) is 0 Å². The van der Waals surface area contributed by atoms with Crippen LogP contribution in [0.4, 0.5) is 0 Å². The molecule has 2 aromatic heterocycles. The fourth-order valence-electron chi connectivity index (χ4n) is 0.698. The highest BCUT2D eigenvalue weighted by atomic mass is 127. The van der Waals surface area contributed by atoms with Crippen LogP contribution in [0.3, 0.4) is 0 Å². The summed E-state index contributed by atoms with van der Waals surface area (Å²) in [7, 11) is 0. The van der Waals surface area contributed by atoms with Crippen molar-refractivity contribution in [1.82, 2.24) is 9.38 Å². The molecule has 46 valence electrons. The van der Waals surface area contributed by atoms with Crippen LogP contribution in [-0.4, -0.2) is 9.38 Å². The van der Waals surface area contributed by atoms with Crippen LogP contribution in [0.5, 0.6) is 0 Å². The van der Waals surface area contributed by atoms with Crippen LogP contribution in [0.2, 0.25) is 0 Å². The average molecular weight is 250 g/mol. The number of thiazole rings is 1. The lowest BCUT2D eigenvalue weighted by Gasteiger charge is -1.80.